The minimum atomic E-state index is 0.277. The van der Waals surface area contributed by atoms with Gasteiger partial charge in [0.15, 0.2) is 0 Å². The molecule has 3 rings (SSSR count). The fourth-order valence-corrected chi connectivity index (χ4v) is 3.01. The number of hydrogen-bond donors (Lipinski definition) is 2. The van der Waals surface area contributed by atoms with Crippen molar-refractivity contribution in [2.45, 2.75) is 19.8 Å². The molecule has 23 heavy (non-hydrogen) atoms. The van der Waals surface area contributed by atoms with Crippen molar-refractivity contribution in [3.05, 3.63) is 72.3 Å². The van der Waals surface area contributed by atoms with Crippen molar-refractivity contribution in [2.24, 2.45) is 0 Å². The van der Waals surface area contributed by atoms with E-state index >= 15 is 0 Å². The van der Waals surface area contributed by atoms with Crippen LogP contribution in [0.2, 0.25) is 0 Å². The summed E-state index contributed by atoms with van der Waals surface area (Å²) in [5.41, 5.74) is 4.84. The van der Waals surface area contributed by atoms with Gasteiger partial charge >= 0.3 is 0 Å². The van der Waals surface area contributed by atoms with Gasteiger partial charge in [-0.05, 0) is 35.2 Å². The molecule has 3 aromatic carbocycles. The summed E-state index contributed by atoms with van der Waals surface area (Å²) in [5.74, 6) is 0.554. The number of rotatable bonds is 4. The number of hydrogen-bond acceptors (Lipinski definition) is 2. The van der Waals surface area contributed by atoms with Crippen molar-refractivity contribution in [3.8, 4) is 33.8 Å². The summed E-state index contributed by atoms with van der Waals surface area (Å²) in [6, 6.07) is 20.8. The molecule has 116 valence electrons. The Morgan fingerprint density at radius 2 is 1.04 bits per heavy atom. The summed E-state index contributed by atoms with van der Waals surface area (Å²) in [7, 11) is 0. The van der Waals surface area contributed by atoms with E-state index in [0.29, 0.717) is 0 Å². The summed E-state index contributed by atoms with van der Waals surface area (Å²) in [6.45, 7) is 2.14. The first kappa shape index (κ1) is 15.2. The molecule has 0 saturated heterocycles. The lowest BCUT2D eigenvalue weighted by Crippen LogP contribution is -1.95. The Balaban J connectivity index is 2.25. The molecule has 0 saturated carbocycles. The van der Waals surface area contributed by atoms with Gasteiger partial charge < -0.3 is 10.2 Å². The molecule has 0 amide bonds. The molecule has 0 unspecified atom stereocenters. The lowest BCUT2D eigenvalue weighted by Gasteiger charge is -2.16. The van der Waals surface area contributed by atoms with Gasteiger partial charge in [-0.15, -0.1) is 0 Å². The highest BCUT2D eigenvalue weighted by atomic mass is 16.3. The van der Waals surface area contributed by atoms with Crippen LogP contribution in [0.5, 0.6) is 11.5 Å². The molecule has 2 heteroatoms. The maximum Gasteiger partial charge on any atom is 0.123 e. The SMILES string of the molecule is CCCc1c(-c2ccccc2O)cccc1-c1ccccc1O. The van der Waals surface area contributed by atoms with Crippen LogP contribution < -0.4 is 0 Å². The van der Waals surface area contributed by atoms with Gasteiger partial charge in [-0.1, -0.05) is 67.9 Å². The molecule has 0 aliphatic rings. The molecule has 0 bridgehead atoms. The number of para-hydroxylation sites is 2. The summed E-state index contributed by atoms with van der Waals surface area (Å²) >= 11 is 0. The zero-order valence-electron chi connectivity index (χ0n) is 13.2. The zero-order chi connectivity index (χ0) is 16.2. The van der Waals surface area contributed by atoms with Gasteiger partial charge in [-0.25, -0.2) is 0 Å². The maximum atomic E-state index is 10.2. The highest BCUT2D eigenvalue weighted by Crippen LogP contribution is 2.39. The standard InChI is InChI=1S/C21H20O2/c1-2-8-15-16(18-9-3-5-13-20(18)22)11-7-12-17(15)19-10-4-6-14-21(19)23/h3-7,9-14,22-23H,2,8H2,1H3. The Labute approximate surface area is 136 Å². The van der Waals surface area contributed by atoms with E-state index in [9.17, 15) is 10.2 Å². The molecule has 3 aromatic rings. The fourth-order valence-electron chi connectivity index (χ4n) is 3.01. The van der Waals surface area contributed by atoms with Gasteiger partial charge in [0, 0.05) is 11.1 Å². The van der Waals surface area contributed by atoms with E-state index in [-0.39, 0.29) is 11.5 Å². The highest BCUT2D eigenvalue weighted by molar-refractivity contribution is 5.83. The Bertz CT molecular complexity index is 758. The second-order valence-electron chi connectivity index (χ2n) is 5.62. The smallest absolute Gasteiger partial charge is 0.123 e. The second-order valence-corrected chi connectivity index (χ2v) is 5.62. The van der Waals surface area contributed by atoms with E-state index in [1.807, 2.05) is 54.6 Å². The number of aromatic hydroxyl groups is 2. The summed E-state index contributed by atoms with van der Waals surface area (Å²) in [5, 5.41) is 20.4. The highest BCUT2D eigenvalue weighted by Gasteiger charge is 2.15. The number of phenolic OH excluding ortho intramolecular Hbond substituents is 2. The number of phenols is 2. The van der Waals surface area contributed by atoms with Crippen LogP contribution in [-0.2, 0) is 6.42 Å². The molecule has 0 radical (unpaired) electrons. The van der Waals surface area contributed by atoms with E-state index in [1.165, 1.54) is 0 Å². The number of benzene rings is 3. The van der Waals surface area contributed by atoms with Crippen LogP contribution in [0, 0.1) is 0 Å². The second kappa shape index (κ2) is 6.57. The van der Waals surface area contributed by atoms with Crippen LogP contribution in [0.3, 0.4) is 0 Å². The van der Waals surface area contributed by atoms with Crippen LogP contribution in [0.4, 0.5) is 0 Å². The molecule has 0 fully saturated rings. The molecule has 2 N–H and O–H groups in total. The third kappa shape index (κ3) is 2.93. The normalized spacial score (nSPS) is 10.7. The minimum Gasteiger partial charge on any atom is -0.507 e. The summed E-state index contributed by atoms with van der Waals surface area (Å²) < 4.78 is 0. The van der Waals surface area contributed by atoms with Crippen molar-refractivity contribution in [1.29, 1.82) is 0 Å². The Kier molecular flexibility index (Phi) is 4.33. The molecule has 0 aliphatic heterocycles. The van der Waals surface area contributed by atoms with Gasteiger partial charge in [-0.3, -0.25) is 0 Å². The first-order chi connectivity index (χ1) is 11.2. The van der Waals surface area contributed by atoms with Crippen LogP contribution in [0.15, 0.2) is 66.7 Å². The van der Waals surface area contributed by atoms with Crippen molar-refractivity contribution < 1.29 is 10.2 Å². The predicted molar refractivity (Wildman–Crippen MR) is 94.6 cm³/mol. The van der Waals surface area contributed by atoms with E-state index < -0.39 is 0 Å². The van der Waals surface area contributed by atoms with E-state index in [1.54, 1.807) is 12.1 Å². The van der Waals surface area contributed by atoms with Crippen molar-refractivity contribution >= 4 is 0 Å². The largest absolute Gasteiger partial charge is 0.507 e. The molecule has 0 aromatic heterocycles. The third-order valence-corrected chi connectivity index (χ3v) is 4.06. The first-order valence-corrected chi connectivity index (χ1v) is 7.91. The van der Waals surface area contributed by atoms with Crippen LogP contribution >= 0.6 is 0 Å². The van der Waals surface area contributed by atoms with E-state index in [2.05, 4.69) is 6.92 Å². The molecule has 2 nitrogen and oxygen atoms in total. The predicted octanol–water partition coefficient (Wildman–Crippen LogP) is 5.38. The molecule has 0 spiro atoms. The Hall–Kier alpha value is -2.74. The molecular formula is C21H20O2. The average Bonchev–Trinajstić information content (AvgIpc) is 2.57. The quantitative estimate of drug-likeness (QED) is 0.679. The minimum absolute atomic E-state index is 0.277. The molecule has 0 aliphatic carbocycles. The Morgan fingerprint density at radius 3 is 1.48 bits per heavy atom. The maximum absolute atomic E-state index is 10.2. The van der Waals surface area contributed by atoms with Gasteiger partial charge in [0.2, 0.25) is 0 Å². The monoisotopic (exact) mass is 304 g/mol. The molecular weight excluding hydrogens is 284 g/mol. The average molecular weight is 304 g/mol. The topological polar surface area (TPSA) is 40.5 Å². The van der Waals surface area contributed by atoms with E-state index in [0.717, 1.165) is 40.7 Å². The summed E-state index contributed by atoms with van der Waals surface area (Å²) in [6.07, 6.45) is 1.87. The molecule has 0 atom stereocenters. The van der Waals surface area contributed by atoms with Crippen LogP contribution in [-0.4, -0.2) is 10.2 Å². The molecule has 0 heterocycles. The van der Waals surface area contributed by atoms with Crippen molar-refractivity contribution in [3.63, 3.8) is 0 Å². The van der Waals surface area contributed by atoms with Crippen LogP contribution in [0.1, 0.15) is 18.9 Å². The summed E-state index contributed by atoms with van der Waals surface area (Å²) in [4.78, 5) is 0. The fraction of sp³-hybridized carbons (Fsp3) is 0.143. The third-order valence-electron chi connectivity index (χ3n) is 4.06. The van der Waals surface area contributed by atoms with Gasteiger partial charge in [0.05, 0.1) is 0 Å². The Morgan fingerprint density at radius 1 is 0.609 bits per heavy atom. The van der Waals surface area contributed by atoms with Crippen LogP contribution in [0.25, 0.3) is 22.3 Å². The van der Waals surface area contributed by atoms with Gasteiger partial charge in [-0.2, -0.15) is 0 Å². The first-order valence-electron chi connectivity index (χ1n) is 7.91. The zero-order valence-corrected chi connectivity index (χ0v) is 13.2. The van der Waals surface area contributed by atoms with E-state index in [4.69, 9.17) is 0 Å². The van der Waals surface area contributed by atoms with Crippen molar-refractivity contribution in [2.75, 3.05) is 0 Å². The lowest BCUT2D eigenvalue weighted by molar-refractivity contribution is 0.477. The van der Waals surface area contributed by atoms with Gasteiger partial charge in [0.1, 0.15) is 11.5 Å². The van der Waals surface area contributed by atoms with Crippen molar-refractivity contribution in [1.82, 2.24) is 0 Å². The lowest BCUT2D eigenvalue weighted by atomic mass is 9.89. The van der Waals surface area contributed by atoms with Gasteiger partial charge in [0.25, 0.3) is 0 Å².